The molecule has 0 radical (unpaired) electrons. The van der Waals surface area contributed by atoms with Gasteiger partial charge in [0.15, 0.2) is 0 Å². The number of ether oxygens (including phenoxy) is 2. The molecule has 0 unspecified atom stereocenters. The molecule has 0 saturated carbocycles. The van der Waals surface area contributed by atoms with Crippen LogP contribution in [0.25, 0.3) is 0 Å². The minimum atomic E-state index is -0.556. The number of nitrogens with zero attached hydrogens (tertiary/aromatic N) is 1. The van der Waals surface area contributed by atoms with E-state index in [2.05, 4.69) is 18.7 Å². The Labute approximate surface area is 114 Å². The van der Waals surface area contributed by atoms with Gasteiger partial charge in [0, 0.05) is 24.3 Å². The van der Waals surface area contributed by atoms with E-state index in [4.69, 9.17) is 9.47 Å². The largest absolute Gasteiger partial charge is 0.496 e. The lowest BCUT2D eigenvalue weighted by Crippen LogP contribution is -2.45. The standard InChI is InChI=1S/C15H23NO3/c1-10-8-16(9-11(2)19-10)13-6-5-7-14(18-4)15(13)12(3)17/h5-7,10-12,17H,8-9H2,1-4H3/t10-,11+,12-/m1/s1. The molecule has 0 aromatic heterocycles. The van der Waals surface area contributed by atoms with Crippen molar-refractivity contribution >= 4 is 5.69 Å². The summed E-state index contributed by atoms with van der Waals surface area (Å²) in [5.41, 5.74) is 1.89. The van der Waals surface area contributed by atoms with Gasteiger partial charge in [-0.25, -0.2) is 0 Å². The molecule has 2 rings (SSSR count). The van der Waals surface area contributed by atoms with Gasteiger partial charge in [0.1, 0.15) is 5.75 Å². The van der Waals surface area contributed by atoms with Gasteiger partial charge in [-0.1, -0.05) is 6.07 Å². The molecule has 4 heteroatoms. The van der Waals surface area contributed by atoms with Crippen molar-refractivity contribution in [3.8, 4) is 5.75 Å². The zero-order chi connectivity index (χ0) is 14.0. The van der Waals surface area contributed by atoms with Gasteiger partial charge < -0.3 is 19.5 Å². The second kappa shape index (κ2) is 5.80. The highest BCUT2D eigenvalue weighted by atomic mass is 16.5. The summed E-state index contributed by atoms with van der Waals surface area (Å²) in [6.07, 6.45) is -0.173. The minimum absolute atomic E-state index is 0.191. The van der Waals surface area contributed by atoms with Gasteiger partial charge in [0.25, 0.3) is 0 Å². The van der Waals surface area contributed by atoms with E-state index >= 15 is 0 Å². The van der Waals surface area contributed by atoms with Crippen molar-refractivity contribution in [2.75, 3.05) is 25.1 Å². The minimum Gasteiger partial charge on any atom is -0.496 e. The van der Waals surface area contributed by atoms with Crippen LogP contribution in [0.4, 0.5) is 5.69 Å². The first-order valence-corrected chi connectivity index (χ1v) is 6.78. The second-order valence-electron chi connectivity index (χ2n) is 5.23. The molecule has 1 saturated heterocycles. The normalized spacial score (nSPS) is 25.2. The Morgan fingerprint density at radius 2 is 1.95 bits per heavy atom. The van der Waals surface area contributed by atoms with Crippen LogP contribution in [0.1, 0.15) is 32.4 Å². The fourth-order valence-corrected chi connectivity index (χ4v) is 2.78. The third kappa shape index (κ3) is 3.01. The molecule has 106 valence electrons. The van der Waals surface area contributed by atoms with Gasteiger partial charge in [-0.05, 0) is 32.9 Å². The summed E-state index contributed by atoms with van der Waals surface area (Å²) < 4.78 is 11.1. The third-order valence-electron chi connectivity index (χ3n) is 3.44. The van der Waals surface area contributed by atoms with Crippen molar-refractivity contribution in [2.24, 2.45) is 0 Å². The lowest BCUT2D eigenvalue weighted by atomic mass is 10.0. The number of hydrogen-bond donors (Lipinski definition) is 1. The van der Waals surface area contributed by atoms with Gasteiger partial charge in [0.05, 0.1) is 25.4 Å². The number of methoxy groups -OCH3 is 1. The molecular weight excluding hydrogens is 242 g/mol. The second-order valence-corrected chi connectivity index (χ2v) is 5.23. The average molecular weight is 265 g/mol. The van der Waals surface area contributed by atoms with E-state index in [1.807, 2.05) is 18.2 Å². The molecule has 0 bridgehead atoms. The van der Waals surface area contributed by atoms with E-state index < -0.39 is 6.10 Å². The Bertz CT molecular complexity index is 423. The van der Waals surface area contributed by atoms with Crippen LogP contribution in [0, 0.1) is 0 Å². The Morgan fingerprint density at radius 1 is 1.32 bits per heavy atom. The predicted octanol–water partition coefficient (Wildman–Crippen LogP) is 2.36. The van der Waals surface area contributed by atoms with E-state index in [0.717, 1.165) is 30.1 Å². The molecule has 1 aliphatic rings. The van der Waals surface area contributed by atoms with E-state index in [9.17, 15) is 5.11 Å². The third-order valence-corrected chi connectivity index (χ3v) is 3.44. The topological polar surface area (TPSA) is 41.9 Å². The maximum atomic E-state index is 10.0. The van der Waals surface area contributed by atoms with Crippen molar-refractivity contribution < 1.29 is 14.6 Å². The van der Waals surface area contributed by atoms with Crippen LogP contribution >= 0.6 is 0 Å². The highest BCUT2D eigenvalue weighted by Gasteiger charge is 2.26. The Morgan fingerprint density at radius 3 is 2.47 bits per heavy atom. The summed E-state index contributed by atoms with van der Waals surface area (Å²) >= 11 is 0. The zero-order valence-corrected chi connectivity index (χ0v) is 12.1. The fraction of sp³-hybridized carbons (Fsp3) is 0.600. The summed E-state index contributed by atoms with van der Waals surface area (Å²) in [6, 6.07) is 5.89. The monoisotopic (exact) mass is 265 g/mol. The van der Waals surface area contributed by atoms with Gasteiger partial charge in [-0.15, -0.1) is 0 Å². The molecule has 1 aliphatic heterocycles. The number of anilines is 1. The van der Waals surface area contributed by atoms with Crippen molar-refractivity contribution in [2.45, 2.75) is 39.1 Å². The molecule has 0 spiro atoms. The molecule has 1 aromatic carbocycles. The highest BCUT2D eigenvalue weighted by Crippen LogP contribution is 2.35. The summed E-state index contributed by atoms with van der Waals surface area (Å²) in [6.45, 7) is 7.58. The fourth-order valence-electron chi connectivity index (χ4n) is 2.78. The summed E-state index contributed by atoms with van der Waals surface area (Å²) in [5, 5.41) is 10.0. The molecule has 1 aromatic rings. The first kappa shape index (κ1) is 14.2. The summed E-state index contributed by atoms with van der Waals surface area (Å²) in [4.78, 5) is 2.27. The molecule has 0 amide bonds. The van der Waals surface area contributed by atoms with Crippen molar-refractivity contribution in [1.29, 1.82) is 0 Å². The molecule has 1 N–H and O–H groups in total. The molecule has 4 nitrogen and oxygen atoms in total. The number of aliphatic hydroxyl groups is 1. The van der Waals surface area contributed by atoms with Gasteiger partial charge in [-0.2, -0.15) is 0 Å². The van der Waals surface area contributed by atoms with Gasteiger partial charge in [0.2, 0.25) is 0 Å². The lowest BCUT2D eigenvalue weighted by molar-refractivity contribution is -0.00540. The summed E-state index contributed by atoms with van der Waals surface area (Å²) in [7, 11) is 1.63. The highest BCUT2D eigenvalue weighted by molar-refractivity contribution is 5.60. The molecular formula is C15H23NO3. The summed E-state index contributed by atoms with van der Waals surface area (Å²) in [5.74, 6) is 0.735. The Hall–Kier alpha value is -1.26. The van der Waals surface area contributed by atoms with Crippen molar-refractivity contribution in [3.63, 3.8) is 0 Å². The van der Waals surface area contributed by atoms with E-state index in [0.29, 0.717) is 0 Å². The molecule has 1 heterocycles. The number of hydrogen-bond acceptors (Lipinski definition) is 4. The molecule has 0 aliphatic carbocycles. The SMILES string of the molecule is COc1cccc(N2C[C@@H](C)O[C@@H](C)C2)c1[C@@H](C)O. The molecule has 19 heavy (non-hydrogen) atoms. The quantitative estimate of drug-likeness (QED) is 0.911. The zero-order valence-electron chi connectivity index (χ0n) is 12.1. The first-order chi connectivity index (χ1) is 9.02. The van der Waals surface area contributed by atoms with Crippen LogP contribution in [0.2, 0.25) is 0 Å². The van der Waals surface area contributed by atoms with Gasteiger partial charge >= 0.3 is 0 Å². The maximum absolute atomic E-state index is 10.0. The molecule has 1 fully saturated rings. The smallest absolute Gasteiger partial charge is 0.126 e. The van der Waals surface area contributed by atoms with Crippen molar-refractivity contribution in [3.05, 3.63) is 23.8 Å². The number of rotatable bonds is 3. The van der Waals surface area contributed by atoms with Crippen LogP contribution < -0.4 is 9.64 Å². The number of morpholine rings is 1. The van der Waals surface area contributed by atoms with Crippen LogP contribution in [0.3, 0.4) is 0 Å². The van der Waals surface area contributed by atoms with Crippen LogP contribution in [-0.4, -0.2) is 37.5 Å². The Balaban J connectivity index is 2.38. The van der Waals surface area contributed by atoms with Crippen molar-refractivity contribution in [1.82, 2.24) is 0 Å². The van der Waals surface area contributed by atoms with Crippen LogP contribution in [0.5, 0.6) is 5.75 Å². The first-order valence-electron chi connectivity index (χ1n) is 6.78. The number of aliphatic hydroxyl groups excluding tert-OH is 1. The predicted molar refractivity (Wildman–Crippen MR) is 75.8 cm³/mol. The van der Waals surface area contributed by atoms with E-state index in [1.54, 1.807) is 14.0 Å². The lowest BCUT2D eigenvalue weighted by Gasteiger charge is -2.38. The number of benzene rings is 1. The Kier molecular flexibility index (Phi) is 4.32. The van der Waals surface area contributed by atoms with Crippen LogP contribution in [-0.2, 0) is 4.74 Å². The average Bonchev–Trinajstić information content (AvgIpc) is 2.36. The van der Waals surface area contributed by atoms with Gasteiger partial charge in [-0.3, -0.25) is 0 Å². The van der Waals surface area contributed by atoms with E-state index in [-0.39, 0.29) is 12.2 Å². The maximum Gasteiger partial charge on any atom is 0.126 e. The van der Waals surface area contributed by atoms with E-state index in [1.165, 1.54) is 0 Å². The molecule has 3 atom stereocenters. The van der Waals surface area contributed by atoms with Crippen LogP contribution in [0.15, 0.2) is 18.2 Å².